The van der Waals surface area contributed by atoms with Crippen LogP contribution in [-0.2, 0) is 0 Å². The molecule has 0 bridgehead atoms. The Labute approximate surface area is 299 Å². The number of imide groups is 1. The van der Waals surface area contributed by atoms with Crippen LogP contribution in [0, 0.1) is 17.9 Å². The Morgan fingerprint density at radius 2 is 1.12 bits per heavy atom. The van der Waals surface area contributed by atoms with Gasteiger partial charge >= 0.3 is 0 Å². The van der Waals surface area contributed by atoms with E-state index in [4.69, 9.17) is 6.57 Å². The Morgan fingerprint density at radius 1 is 0.538 bits per heavy atom. The molecule has 0 unspecified atom stereocenters. The number of nitrogens with zero attached hydrogens (tertiary/aromatic N) is 4. The molecule has 6 nitrogen and oxygen atoms in total. The number of anilines is 1. The van der Waals surface area contributed by atoms with Crippen LogP contribution >= 0.6 is 0 Å². The molecule has 1 aliphatic heterocycles. The molecule has 0 spiro atoms. The fourth-order valence-corrected chi connectivity index (χ4v) is 7.44. The van der Waals surface area contributed by atoms with E-state index in [9.17, 15) is 14.9 Å². The summed E-state index contributed by atoms with van der Waals surface area (Å²) in [6.45, 7) is 7.68. The standard InChI is InChI=1S/C46H26N4O2/c1-48-34-15-6-14-33(27-34)37-17-8-19-39-38-18-7-16-36(32-13-5-10-29(26-32)28-47)43(38)50(44(37)39)41-21-9-20-40-42(41)46(52)49(45(40)51)35-24-22-31(23-25-35)30-11-3-2-4-12-30/h2-27H. The Bertz CT molecular complexity index is 2740. The maximum Gasteiger partial charge on any atom is 0.268 e. The first kappa shape index (κ1) is 30.5. The zero-order valence-corrected chi connectivity index (χ0v) is 27.6. The third-order valence-electron chi connectivity index (χ3n) is 9.76. The predicted molar refractivity (Wildman–Crippen MR) is 206 cm³/mol. The number of rotatable bonds is 5. The summed E-state index contributed by atoms with van der Waals surface area (Å²) in [4.78, 5) is 33.8. The molecule has 0 fully saturated rings. The van der Waals surface area contributed by atoms with Gasteiger partial charge in [-0.3, -0.25) is 9.59 Å². The van der Waals surface area contributed by atoms with Crippen LogP contribution < -0.4 is 4.90 Å². The summed E-state index contributed by atoms with van der Waals surface area (Å²) in [7, 11) is 0. The highest BCUT2D eigenvalue weighted by Gasteiger charge is 2.39. The number of carbonyl (C=O) groups excluding carboxylic acids is 2. The molecule has 52 heavy (non-hydrogen) atoms. The second kappa shape index (κ2) is 12.1. The van der Waals surface area contributed by atoms with Gasteiger partial charge in [0, 0.05) is 21.9 Å². The number of aromatic nitrogens is 1. The monoisotopic (exact) mass is 666 g/mol. The van der Waals surface area contributed by atoms with Crippen molar-refractivity contribution in [2.45, 2.75) is 0 Å². The van der Waals surface area contributed by atoms with E-state index in [1.807, 2.05) is 127 Å². The first-order valence-electron chi connectivity index (χ1n) is 16.8. The van der Waals surface area contributed by atoms with Crippen molar-refractivity contribution in [1.82, 2.24) is 4.57 Å². The lowest BCUT2D eigenvalue weighted by Crippen LogP contribution is -2.29. The Hall–Kier alpha value is -7.54. The van der Waals surface area contributed by atoms with Gasteiger partial charge in [0.25, 0.3) is 11.8 Å². The van der Waals surface area contributed by atoms with E-state index < -0.39 is 5.91 Å². The third kappa shape index (κ3) is 4.71. The van der Waals surface area contributed by atoms with E-state index >= 15 is 0 Å². The average Bonchev–Trinajstić information content (AvgIpc) is 3.69. The fourth-order valence-electron chi connectivity index (χ4n) is 7.44. The van der Waals surface area contributed by atoms with Crippen LogP contribution in [0.2, 0.25) is 0 Å². The van der Waals surface area contributed by atoms with Crippen LogP contribution in [0.5, 0.6) is 0 Å². The first-order chi connectivity index (χ1) is 25.6. The lowest BCUT2D eigenvalue weighted by molar-refractivity contribution is 0.0926. The minimum atomic E-state index is -0.408. The van der Waals surface area contributed by atoms with Gasteiger partial charge in [0.2, 0.25) is 0 Å². The van der Waals surface area contributed by atoms with Crippen molar-refractivity contribution in [2.75, 3.05) is 4.90 Å². The SMILES string of the molecule is [C-]#[N+]c1cccc(-c2cccc3c4cccc(-c5cccc(C#N)c5)c4n(-c4cccc5c4C(=O)N(c4ccc(-c6ccccc6)cc4)C5=O)c23)c1. The zero-order valence-electron chi connectivity index (χ0n) is 27.6. The summed E-state index contributed by atoms with van der Waals surface area (Å²) in [5, 5.41) is 11.7. The zero-order chi connectivity index (χ0) is 35.3. The van der Waals surface area contributed by atoms with Crippen LogP contribution in [0.15, 0.2) is 158 Å². The summed E-state index contributed by atoms with van der Waals surface area (Å²) in [6.07, 6.45) is 0. The van der Waals surface area contributed by atoms with E-state index in [1.54, 1.807) is 18.2 Å². The average molecular weight is 667 g/mol. The van der Waals surface area contributed by atoms with E-state index in [0.717, 1.165) is 55.2 Å². The molecule has 6 heteroatoms. The molecular formula is C46H26N4O2. The Balaban J connectivity index is 1.32. The first-order valence-corrected chi connectivity index (χ1v) is 16.8. The molecule has 0 saturated carbocycles. The van der Waals surface area contributed by atoms with Gasteiger partial charge in [0.1, 0.15) is 0 Å². The number of hydrogen-bond acceptors (Lipinski definition) is 3. The highest BCUT2D eigenvalue weighted by Crippen LogP contribution is 2.44. The Morgan fingerprint density at radius 3 is 1.79 bits per heavy atom. The van der Waals surface area contributed by atoms with E-state index in [-0.39, 0.29) is 5.91 Å². The molecule has 1 aromatic heterocycles. The van der Waals surface area contributed by atoms with Crippen LogP contribution in [0.4, 0.5) is 11.4 Å². The number of para-hydroxylation sites is 2. The molecule has 7 aromatic carbocycles. The minimum absolute atomic E-state index is 0.309. The molecule has 8 aromatic rings. The van der Waals surface area contributed by atoms with Crippen molar-refractivity contribution < 1.29 is 9.59 Å². The van der Waals surface area contributed by atoms with Gasteiger partial charge in [-0.1, -0.05) is 115 Å². The highest BCUT2D eigenvalue weighted by molar-refractivity contribution is 6.36. The van der Waals surface area contributed by atoms with Gasteiger partial charge in [-0.2, -0.15) is 5.26 Å². The smallest absolute Gasteiger partial charge is 0.268 e. The van der Waals surface area contributed by atoms with Crippen molar-refractivity contribution >= 4 is 45.0 Å². The number of amides is 2. The summed E-state index contributed by atoms with van der Waals surface area (Å²) in [5.74, 6) is -0.795. The molecule has 1 aliphatic rings. The summed E-state index contributed by atoms with van der Waals surface area (Å²) in [5.41, 5.74) is 9.87. The van der Waals surface area contributed by atoms with Gasteiger partial charge in [0.05, 0.1) is 51.7 Å². The van der Waals surface area contributed by atoms with Gasteiger partial charge in [-0.15, -0.1) is 0 Å². The number of hydrogen-bond donors (Lipinski definition) is 0. The molecule has 2 amide bonds. The molecule has 0 N–H and O–H groups in total. The van der Waals surface area contributed by atoms with Gasteiger partial charge < -0.3 is 4.57 Å². The van der Waals surface area contributed by atoms with Gasteiger partial charge in [-0.25, -0.2) is 9.74 Å². The number of carbonyl (C=O) groups is 2. The largest absolute Gasteiger partial charge is 0.307 e. The molecule has 2 heterocycles. The van der Waals surface area contributed by atoms with Crippen molar-refractivity contribution in [3.63, 3.8) is 0 Å². The molecular weight excluding hydrogens is 641 g/mol. The lowest BCUT2D eigenvalue weighted by atomic mass is 9.99. The minimum Gasteiger partial charge on any atom is -0.307 e. The second-order valence-corrected chi connectivity index (χ2v) is 12.7. The van der Waals surface area contributed by atoms with Crippen LogP contribution in [0.1, 0.15) is 26.3 Å². The maximum absolute atomic E-state index is 14.7. The summed E-state index contributed by atoms with van der Waals surface area (Å²) in [6, 6.07) is 52.2. The molecule has 242 valence electrons. The van der Waals surface area contributed by atoms with E-state index in [2.05, 4.69) is 27.6 Å². The predicted octanol–water partition coefficient (Wildman–Crippen LogP) is 11.0. The van der Waals surface area contributed by atoms with Crippen molar-refractivity contribution in [2.24, 2.45) is 0 Å². The Kier molecular flexibility index (Phi) is 7.10. The van der Waals surface area contributed by atoms with Crippen LogP contribution in [0.3, 0.4) is 0 Å². The molecule has 0 aliphatic carbocycles. The van der Waals surface area contributed by atoms with Crippen LogP contribution in [-0.4, -0.2) is 16.4 Å². The van der Waals surface area contributed by atoms with Gasteiger partial charge in [0.15, 0.2) is 5.69 Å². The fraction of sp³-hybridized carbons (Fsp3) is 0. The van der Waals surface area contributed by atoms with Crippen molar-refractivity contribution in [3.8, 4) is 45.1 Å². The third-order valence-corrected chi connectivity index (χ3v) is 9.76. The number of benzene rings is 7. The molecule has 0 radical (unpaired) electrons. The normalized spacial score (nSPS) is 12.2. The summed E-state index contributed by atoms with van der Waals surface area (Å²) >= 11 is 0. The van der Waals surface area contributed by atoms with E-state index in [0.29, 0.717) is 33.8 Å². The number of nitriles is 1. The number of fused-ring (bicyclic) bond motifs is 4. The molecule has 9 rings (SSSR count). The maximum atomic E-state index is 14.7. The van der Waals surface area contributed by atoms with Crippen LogP contribution in [0.25, 0.3) is 65.7 Å². The molecule has 0 saturated heterocycles. The quantitative estimate of drug-likeness (QED) is 0.136. The highest BCUT2D eigenvalue weighted by atomic mass is 16.2. The van der Waals surface area contributed by atoms with Crippen molar-refractivity contribution in [3.05, 3.63) is 186 Å². The topological polar surface area (TPSA) is 70.5 Å². The van der Waals surface area contributed by atoms with E-state index in [1.165, 1.54) is 4.90 Å². The van der Waals surface area contributed by atoms with Crippen molar-refractivity contribution in [1.29, 1.82) is 5.26 Å². The molecule has 0 atom stereocenters. The lowest BCUT2D eigenvalue weighted by Gasteiger charge is -2.17. The van der Waals surface area contributed by atoms with Gasteiger partial charge in [-0.05, 0) is 64.7 Å². The summed E-state index contributed by atoms with van der Waals surface area (Å²) < 4.78 is 2.09. The second-order valence-electron chi connectivity index (χ2n) is 12.7.